The number of hydrogen-bond acceptors (Lipinski definition) is 4. The SMILES string of the molecule is COc1ccc(C[C@@H]2CCN(c3ccc(-c4cn[nH]c4)cc3)C2=O)cc1OC. The van der Waals surface area contributed by atoms with Crippen molar-refractivity contribution in [2.45, 2.75) is 12.8 Å². The molecule has 4 rings (SSSR count). The standard InChI is InChI=1S/C22H23N3O3/c1-27-20-8-3-15(12-21(20)28-2)11-17-9-10-25(22(17)26)19-6-4-16(5-7-19)18-13-23-24-14-18/h3-8,12-14,17H,9-11H2,1-2H3,(H,23,24)/t17-/m0/s1. The molecule has 2 heterocycles. The zero-order chi connectivity index (χ0) is 19.5. The first-order valence-electron chi connectivity index (χ1n) is 9.31. The highest BCUT2D eigenvalue weighted by atomic mass is 16.5. The van der Waals surface area contributed by atoms with Gasteiger partial charge in [-0.25, -0.2) is 0 Å². The summed E-state index contributed by atoms with van der Waals surface area (Å²) in [7, 11) is 3.24. The van der Waals surface area contributed by atoms with Gasteiger partial charge < -0.3 is 14.4 Å². The number of nitrogens with zero attached hydrogens (tertiary/aromatic N) is 2. The Bertz CT molecular complexity index is 952. The van der Waals surface area contributed by atoms with Gasteiger partial charge in [-0.3, -0.25) is 9.89 Å². The van der Waals surface area contributed by atoms with Crippen LogP contribution in [0.4, 0.5) is 5.69 Å². The summed E-state index contributed by atoms with van der Waals surface area (Å²) in [6.45, 7) is 0.738. The maximum Gasteiger partial charge on any atom is 0.230 e. The van der Waals surface area contributed by atoms with E-state index in [1.54, 1.807) is 20.4 Å². The molecule has 0 radical (unpaired) electrons. The topological polar surface area (TPSA) is 67.5 Å². The van der Waals surface area contributed by atoms with Crippen molar-refractivity contribution in [3.63, 3.8) is 0 Å². The number of H-pyrrole nitrogens is 1. The fourth-order valence-electron chi connectivity index (χ4n) is 3.72. The third-order valence-electron chi connectivity index (χ3n) is 5.26. The minimum absolute atomic E-state index is 0.0216. The van der Waals surface area contributed by atoms with E-state index in [0.29, 0.717) is 17.9 Å². The summed E-state index contributed by atoms with van der Waals surface area (Å²) in [5.74, 6) is 1.54. The number of aromatic nitrogens is 2. The fraction of sp³-hybridized carbons (Fsp3) is 0.273. The van der Waals surface area contributed by atoms with Gasteiger partial charge in [0.15, 0.2) is 11.5 Å². The lowest BCUT2D eigenvalue weighted by atomic mass is 9.97. The first-order chi connectivity index (χ1) is 13.7. The lowest BCUT2D eigenvalue weighted by Gasteiger charge is -2.17. The normalized spacial score (nSPS) is 16.4. The lowest BCUT2D eigenvalue weighted by molar-refractivity contribution is -0.120. The highest BCUT2D eigenvalue weighted by Crippen LogP contribution is 2.32. The van der Waals surface area contributed by atoms with Crippen LogP contribution in [0.2, 0.25) is 0 Å². The minimum atomic E-state index is -0.0216. The molecule has 1 saturated heterocycles. The first-order valence-corrected chi connectivity index (χ1v) is 9.31. The van der Waals surface area contributed by atoms with Crippen LogP contribution in [0.3, 0.4) is 0 Å². The molecule has 1 aromatic heterocycles. The highest BCUT2D eigenvalue weighted by Gasteiger charge is 2.32. The van der Waals surface area contributed by atoms with E-state index in [4.69, 9.17) is 9.47 Å². The van der Waals surface area contributed by atoms with Crippen molar-refractivity contribution in [2.24, 2.45) is 5.92 Å². The second-order valence-electron chi connectivity index (χ2n) is 6.90. The molecule has 2 aromatic carbocycles. The molecule has 1 amide bonds. The van der Waals surface area contributed by atoms with Crippen molar-refractivity contribution in [3.8, 4) is 22.6 Å². The van der Waals surface area contributed by atoms with Gasteiger partial charge in [-0.05, 0) is 48.2 Å². The maximum absolute atomic E-state index is 13.0. The van der Waals surface area contributed by atoms with Crippen LogP contribution >= 0.6 is 0 Å². The van der Waals surface area contributed by atoms with Gasteiger partial charge in [0.05, 0.1) is 20.4 Å². The second-order valence-corrected chi connectivity index (χ2v) is 6.90. The van der Waals surface area contributed by atoms with Gasteiger partial charge in [0, 0.05) is 29.9 Å². The van der Waals surface area contributed by atoms with Gasteiger partial charge in [-0.1, -0.05) is 18.2 Å². The van der Waals surface area contributed by atoms with Crippen LogP contribution in [-0.2, 0) is 11.2 Å². The highest BCUT2D eigenvalue weighted by molar-refractivity contribution is 5.97. The molecule has 1 N–H and O–H groups in total. The van der Waals surface area contributed by atoms with Crippen LogP contribution in [0, 0.1) is 5.92 Å². The van der Waals surface area contributed by atoms with Gasteiger partial charge in [-0.2, -0.15) is 5.10 Å². The number of carbonyl (C=O) groups excluding carboxylic acids is 1. The summed E-state index contributed by atoms with van der Waals surface area (Å²) < 4.78 is 10.7. The summed E-state index contributed by atoms with van der Waals surface area (Å²) in [4.78, 5) is 14.8. The molecule has 0 aliphatic carbocycles. The number of carbonyl (C=O) groups is 1. The zero-order valence-electron chi connectivity index (χ0n) is 16.0. The average molecular weight is 377 g/mol. The Labute approximate surface area is 164 Å². The van der Waals surface area contributed by atoms with E-state index in [9.17, 15) is 4.79 Å². The summed E-state index contributed by atoms with van der Waals surface area (Å²) >= 11 is 0. The van der Waals surface area contributed by atoms with Gasteiger partial charge in [-0.15, -0.1) is 0 Å². The third-order valence-corrected chi connectivity index (χ3v) is 5.26. The maximum atomic E-state index is 13.0. The van der Waals surface area contributed by atoms with Crippen LogP contribution < -0.4 is 14.4 Å². The van der Waals surface area contributed by atoms with Crippen LogP contribution in [0.1, 0.15) is 12.0 Å². The Morgan fingerprint density at radius 3 is 2.54 bits per heavy atom. The van der Waals surface area contributed by atoms with E-state index >= 15 is 0 Å². The Balaban J connectivity index is 1.46. The minimum Gasteiger partial charge on any atom is -0.493 e. The average Bonchev–Trinajstić information content (AvgIpc) is 3.39. The summed E-state index contributed by atoms with van der Waals surface area (Å²) in [5, 5.41) is 6.80. The number of amides is 1. The number of methoxy groups -OCH3 is 2. The van der Waals surface area contributed by atoms with Crippen molar-refractivity contribution in [1.29, 1.82) is 0 Å². The number of hydrogen-bond donors (Lipinski definition) is 1. The molecule has 0 spiro atoms. The van der Waals surface area contributed by atoms with Crippen LogP contribution in [0.25, 0.3) is 11.1 Å². The fourth-order valence-corrected chi connectivity index (χ4v) is 3.72. The van der Waals surface area contributed by atoms with Crippen molar-refractivity contribution in [1.82, 2.24) is 10.2 Å². The number of benzene rings is 2. The summed E-state index contributed by atoms with van der Waals surface area (Å²) in [6.07, 6.45) is 5.18. The largest absolute Gasteiger partial charge is 0.493 e. The van der Waals surface area contributed by atoms with Crippen LogP contribution in [0.15, 0.2) is 54.9 Å². The predicted molar refractivity (Wildman–Crippen MR) is 108 cm³/mol. The van der Waals surface area contributed by atoms with Gasteiger partial charge >= 0.3 is 0 Å². The molecule has 0 bridgehead atoms. The number of nitrogens with one attached hydrogen (secondary N) is 1. The molecule has 1 atom stereocenters. The zero-order valence-corrected chi connectivity index (χ0v) is 16.0. The summed E-state index contributed by atoms with van der Waals surface area (Å²) in [6, 6.07) is 13.9. The number of anilines is 1. The van der Waals surface area contributed by atoms with Crippen LogP contribution in [-0.4, -0.2) is 36.9 Å². The van der Waals surface area contributed by atoms with Gasteiger partial charge in [0.2, 0.25) is 5.91 Å². The molecule has 1 fully saturated rings. The third kappa shape index (κ3) is 3.45. The second kappa shape index (κ2) is 7.76. The van der Waals surface area contributed by atoms with Crippen molar-refractivity contribution in [2.75, 3.05) is 25.7 Å². The monoisotopic (exact) mass is 377 g/mol. The molecule has 3 aromatic rings. The Morgan fingerprint density at radius 2 is 1.86 bits per heavy atom. The molecule has 28 heavy (non-hydrogen) atoms. The van der Waals surface area contributed by atoms with E-state index < -0.39 is 0 Å². The number of rotatable bonds is 6. The van der Waals surface area contributed by atoms with Crippen molar-refractivity contribution >= 4 is 11.6 Å². The van der Waals surface area contributed by atoms with E-state index in [2.05, 4.69) is 10.2 Å². The van der Waals surface area contributed by atoms with E-state index in [0.717, 1.165) is 35.3 Å². The molecule has 1 aliphatic heterocycles. The number of ether oxygens (including phenoxy) is 2. The number of aromatic amines is 1. The Kier molecular flexibility index (Phi) is 5.02. The molecule has 144 valence electrons. The molecular weight excluding hydrogens is 354 g/mol. The van der Waals surface area contributed by atoms with E-state index in [1.807, 2.05) is 53.6 Å². The smallest absolute Gasteiger partial charge is 0.230 e. The van der Waals surface area contributed by atoms with Gasteiger partial charge in [0.25, 0.3) is 0 Å². The van der Waals surface area contributed by atoms with E-state index in [1.165, 1.54) is 0 Å². The predicted octanol–water partition coefficient (Wildman–Crippen LogP) is 3.69. The Hall–Kier alpha value is -3.28. The molecular formula is C22H23N3O3. The molecule has 6 nitrogen and oxygen atoms in total. The summed E-state index contributed by atoms with van der Waals surface area (Å²) in [5.41, 5.74) is 4.12. The lowest BCUT2D eigenvalue weighted by Crippen LogP contribution is -2.27. The Morgan fingerprint density at radius 1 is 1.07 bits per heavy atom. The van der Waals surface area contributed by atoms with Crippen molar-refractivity contribution < 1.29 is 14.3 Å². The molecule has 0 saturated carbocycles. The van der Waals surface area contributed by atoms with Gasteiger partial charge in [0.1, 0.15) is 0 Å². The first kappa shape index (κ1) is 18.1. The molecule has 1 aliphatic rings. The molecule has 0 unspecified atom stereocenters. The van der Waals surface area contributed by atoms with E-state index in [-0.39, 0.29) is 11.8 Å². The van der Waals surface area contributed by atoms with Crippen LogP contribution in [0.5, 0.6) is 11.5 Å². The molecule has 6 heteroatoms. The quantitative estimate of drug-likeness (QED) is 0.711. The van der Waals surface area contributed by atoms with Crippen molar-refractivity contribution in [3.05, 3.63) is 60.4 Å².